The van der Waals surface area contributed by atoms with E-state index in [1.807, 2.05) is 29.5 Å². The fraction of sp³-hybridized carbons (Fsp3) is 0.279. The lowest BCUT2D eigenvalue weighted by molar-refractivity contribution is -0.917. The van der Waals surface area contributed by atoms with Crippen molar-refractivity contribution >= 4 is 39.5 Å². The number of pyridine rings is 1. The number of likely N-dealkylation sites (N-methyl/N-ethyl adjacent to an activating group) is 1. The zero-order valence-electron chi connectivity index (χ0n) is 28.0. The van der Waals surface area contributed by atoms with Crippen LogP contribution in [-0.4, -0.2) is 34.0 Å². The number of aromatic nitrogens is 2. The van der Waals surface area contributed by atoms with E-state index in [9.17, 15) is 5.26 Å². The van der Waals surface area contributed by atoms with Gasteiger partial charge in [-0.1, -0.05) is 85.9 Å². The predicted octanol–water partition coefficient (Wildman–Crippen LogP) is 8.06. The largest absolute Gasteiger partial charge is 0.319 e. The second-order valence-electron chi connectivity index (χ2n) is 14.4. The maximum Gasteiger partial charge on any atom is 0.266 e. The van der Waals surface area contributed by atoms with Gasteiger partial charge in [-0.15, -0.1) is 0 Å². The number of benzene rings is 2. The third kappa shape index (κ3) is 4.95. The quantitative estimate of drug-likeness (QED) is 0.210. The van der Waals surface area contributed by atoms with Crippen LogP contribution in [-0.2, 0) is 6.54 Å². The minimum Gasteiger partial charge on any atom is -0.319 e. The maximum absolute atomic E-state index is 15.2. The third-order valence-corrected chi connectivity index (χ3v) is 10.6. The summed E-state index contributed by atoms with van der Waals surface area (Å²) in [4.78, 5) is 20.6. The fourth-order valence-corrected chi connectivity index (χ4v) is 8.26. The van der Waals surface area contributed by atoms with Crippen LogP contribution in [0.15, 0.2) is 102 Å². The van der Waals surface area contributed by atoms with Crippen LogP contribution in [0.5, 0.6) is 0 Å². The molecule has 238 valence electrons. The molecule has 2 aromatic heterocycles. The Morgan fingerprint density at radius 3 is 2.67 bits per heavy atom. The highest BCUT2D eigenvalue weighted by molar-refractivity contribution is 6.08. The number of hydrogen-bond acceptors (Lipinski definition) is 3. The first kappa shape index (κ1) is 30.3. The molecule has 5 nitrogen and oxygen atoms in total. The van der Waals surface area contributed by atoms with E-state index in [0.717, 1.165) is 92.9 Å². The van der Waals surface area contributed by atoms with Crippen molar-refractivity contribution in [2.75, 3.05) is 20.1 Å². The van der Waals surface area contributed by atoms with Crippen molar-refractivity contribution in [2.24, 2.45) is 5.41 Å². The number of fused-ring (bicyclic) bond motifs is 4. The van der Waals surface area contributed by atoms with Crippen LogP contribution >= 0.6 is 0 Å². The molecule has 8 rings (SSSR count). The second kappa shape index (κ2) is 11.6. The van der Waals surface area contributed by atoms with Crippen molar-refractivity contribution in [1.29, 1.82) is 5.26 Å². The molecule has 0 fully saturated rings. The average molecular weight is 630 g/mol. The van der Waals surface area contributed by atoms with Crippen molar-refractivity contribution in [2.45, 2.75) is 52.0 Å². The maximum atomic E-state index is 15.2. The summed E-state index contributed by atoms with van der Waals surface area (Å²) >= 11 is 0. The molecule has 4 aliphatic rings. The van der Waals surface area contributed by atoms with Crippen LogP contribution in [0, 0.1) is 16.7 Å². The van der Waals surface area contributed by atoms with E-state index in [1.165, 1.54) is 11.1 Å². The Labute approximate surface area is 282 Å². The molecule has 0 amide bonds. The van der Waals surface area contributed by atoms with Gasteiger partial charge in [-0.25, -0.2) is 4.98 Å². The summed E-state index contributed by atoms with van der Waals surface area (Å²) in [7, 11) is 2.27. The molecule has 2 aromatic carbocycles. The molecule has 4 aromatic rings. The third-order valence-electron chi connectivity index (χ3n) is 10.6. The normalized spacial score (nSPS) is 24.6. The van der Waals surface area contributed by atoms with Gasteiger partial charge >= 0.3 is 0 Å². The lowest BCUT2D eigenvalue weighted by Gasteiger charge is -2.32. The number of allylic oxidation sites excluding steroid dienone is 11. The van der Waals surface area contributed by atoms with E-state index in [4.69, 9.17) is 4.98 Å². The summed E-state index contributed by atoms with van der Waals surface area (Å²) in [5, 5.41) is 11.6. The van der Waals surface area contributed by atoms with E-state index in [-0.39, 0.29) is 11.5 Å². The van der Waals surface area contributed by atoms with Gasteiger partial charge in [0.05, 0.1) is 48.2 Å². The summed E-state index contributed by atoms with van der Waals surface area (Å²) in [5.41, 5.74) is 9.80. The van der Waals surface area contributed by atoms with Crippen LogP contribution in [0.4, 0.5) is 0 Å². The summed E-state index contributed by atoms with van der Waals surface area (Å²) in [6, 6.07) is 17.4. The van der Waals surface area contributed by atoms with E-state index in [1.54, 1.807) is 0 Å². The number of nitrogens with zero attached hydrogens (tertiary/aromatic N) is 4. The summed E-state index contributed by atoms with van der Waals surface area (Å²) in [5.74, 6) is 0.228. The first-order valence-corrected chi connectivity index (χ1v) is 17.3. The van der Waals surface area contributed by atoms with Crippen molar-refractivity contribution in [3.05, 3.63) is 141 Å². The fourth-order valence-electron chi connectivity index (χ4n) is 8.26. The number of hydrogen-bond donors (Lipinski definition) is 0. The first-order chi connectivity index (χ1) is 23.3. The molecule has 0 N–H and O–H groups in total. The minimum atomic E-state index is -0.916. The molecule has 0 bridgehead atoms. The summed E-state index contributed by atoms with van der Waals surface area (Å²) in [6.45, 7) is 6.56. The van der Waals surface area contributed by atoms with E-state index < -0.39 is 5.41 Å². The Morgan fingerprint density at radius 1 is 1.08 bits per heavy atom. The summed E-state index contributed by atoms with van der Waals surface area (Å²) in [6.07, 6.45) is 25.6. The Bertz CT molecular complexity index is 2340. The number of quaternary nitrogens is 1. The minimum absolute atomic E-state index is 0.000534. The molecule has 3 heterocycles. The van der Waals surface area contributed by atoms with E-state index >= 15 is 4.79 Å². The molecule has 5 heteroatoms. The van der Waals surface area contributed by atoms with Crippen LogP contribution < -0.4 is 10.8 Å². The molecule has 48 heavy (non-hydrogen) atoms. The monoisotopic (exact) mass is 629 g/mol. The molecular weight excluding hydrogens is 589 g/mol. The molecule has 3 aliphatic carbocycles. The van der Waals surface area contributed by atoms with E-state index in [0.29, 0.717) is 12.2 Å². The van der Waals surface area contributed by atoms with Gasteiger partial charge in [-0.05, 0) is 84.7 Å². The Kier molecular flexibility index (Phi) is 7.31. The Balaban J connectivity index is 1.52. The first-order valence-electron chi connectivity index (χ1n) is 17.3. The average Bonchev–Trinajstić information content (AvgIpc) is 3.36. The molecule has 0 spiro atoms. The highest BCUT2D eigenvalue weighted by atomic mass is 16.1. The van der Waals surface area contributed by atoms with Gasteiger partial charge in [0, 0.05) is 22.3 Å². The van der Waals surface area contributed by atoms with E-state index in [2.05, 4.69) is 105 Å². The van der Waals surface area contributed by atoms with Crippen LogP contribution in [0.3, 0.4) is 0 Å². The Hall–Kier alpha value is -5.05. The summed E-state index contributed by atoms with van der Waals surface area (Å²) < 4.78 is 2.63. The number of nitriles is 1. The lowest BCUT2D eigenvalue weighted by Crippen LogP contribution is -2.45. The van der Waals surface area contributed by atoms with Crippen molar-refractivity contribution in [3.8, 4) is 6.07 Å². The van der Waals surface area contributed by atoms with Crippen molar-refractivity contribution in [1.82, 2.24) is 9.38 Å². The SMILES string of the molecule is CCC[N+]1(C)CC=C2C(c3ccccc3)=CC(C)(C#N)C=c3c2c(c(=O)n2c3nc3c(C4=CC=CCC4)cc(C4C=CC=CC4)cc32)C1. The smallest absolute Gasteiger partial charge is 0.266 e. The van der Waals surface area contributed by atoms with Crippen LogP contribution in [0.2, 0.25) is 0 Å². The van der Waals surface area contributed by atoms with Crippen LogP contribution in [0.1, 0.15) is 73.3 Å². The number of rotatable bonds is 5. The van der Waals surface area contributed by atoms with Gasteiger partial charge in [0.2, 0.25) is 0 Å². The van der Waals surface area contributed by atoms with Gasteiger partial charge in [0.15, 0.2) is 0 Å². The Morgan fingerprint density at radius 2 is 1.94 bits per heavy atom. The molecule has 3 unspecified atom stereocenters. The van der Waals surface area contributed by atoms with Gasteiger partial charge in [0.25, 0.3) is 5.56 Å². The molecule has 0 radical (unpaired) electrons. The molecule has 0 saturated heterocycles. The van der Waals surface area contributed by atoms with Gasteiger partial charge in [-0.2, -0.15) is 5.26 Å². The molecular formula is C43H41N4O+. The predicted molar refractivity (Wildman–Crippen MR) is 197 cm³/mol. The zero-order chi connectivity index (χ0) is 33.0. The highest BCUT2D eigenvalue weighted by Crippen LogP contribution is 2.41. The topological polar surface area (TPSA) is 58.2 Å². The highest BCUT2D eigenvalue weighted by Gasteiger charge is 2.36. The molecule has 1 aliphatic heterocycles. The van der Waals surface area contributed by atoms with Crippen molar-refractivity contribution in [3.63, 3.8) is 0 Å². The van der Waals surface area contributed by atoms with Crippen LogP contribution in [0.25, 0.3) is 39.5 Å². The zero-order valence-corrected chi connectivity index (χ0v) is 28.0. The van der Waals surface area contributed by atoms with Gasteiger partial charge < -0.3 is 4.48 Å². The number of imidazole rings is 1. The molecule has 0 saturated carbocycles. The van der Waals surface area contributed by atoms with Gasteiger partial charge in [0.1, 0.15) is 12.2 Å². The van der Waals surface area contributed by atoms with Crippen molar-refractivity contribution < 1.29 is 4.48 Å². The van der Waals surface area contributed by atoms with Gasteiger partial charge in [-0.3, -0.25) is 9.20 Å². The second-order valence-corrected chi connectivity index (χ2v) is 14.4. The standard InChI is InChI=1S/C43H41N4O/c1-4-21-47(3)22-20-33-35(31-18-12-7-13-19-31)25-43(2,28-44)26-36-39(33)37(27-47)42(48)46-38-24-32(29-14-8-5-9-15-29)23-34(40(38)45-41(36)46)30-16-10-6-11-17-30/h5-10,12-14,16,18-20,23-26,29H,4,11,15,17,21-22,27H2,1-3H3/q+1. The molecule has 3 atom stereocenters. The lowest BCUT2D eigenvalue weighted by atomic mass is 9.86.